The van der Waals surface area contributed by atoms with Crippen molar-refractivity contribution >= 4 is 21.6 Å². The Morgan fingerprint density at radius 1 is 1.06 bits per heavy atom. The number of amides is 1. The molecule has 0 radical (unpaired) electrons. The van der Waals surface area contributed by atoms with Crippen LogP contribution in [0.25, 0.3) is 5.69 Å². The molecule has 1 heterocycles. The van der Waals surface area contributed by atoms with Gasteiger partial charge < -0.3 is 10.1 Å². The second-order valence-corrected chi connectivity index (χ2v) is 9.79. The van der Waals surface area contributed by atoms with E-state index in [1.807, 2.05) is 31.2 Å². The van der Waals surface area contributed by atoms with E-state index in [4.69, 9.17) is 4.74 Å². The standard InChI is InChI=1S/C25H25N5O4S/c1-18(19-7-9-22(10-8-19)30-17-26-16-27-30)28-25(31)20-5-4-6-24(15-20)35(32,33)29(2)21-11-13-23(34-3)14-12-21/h4-18H,1-3H3,(H,28,31)/t18-/m1/s1. The fourth-order valence-electron chi connectivity index (χ4n) is 3.51. The quantitative estimate of drug-likeness (QED) is 0.404. The SMILES string of the molecule is COc1ccc(N(C)S(=O)(=O)c2cccc(C(=O)N[C@H](C)c3ccc(-n4cncn4)cc3)c2)cc1. The van der Waals surface area contributed by atoms with E-state index in [1.165, 1.54) is 29.8 Å². The van der Waals surface area contributed by atoms with Crippen molar-refractivity contribution in [2.75, 3.05) is 18.5 Å². The third-order valence-electron chi connectivity index (χ3n) is 5.61. The number of carbonyl (C=O) groups excluding carboxylic acids is 1. The summed E-state index contributed by atoms with van der Waals surface area (Å²) < 4.78 is 34.3. The number of sulfonamides is 1. The highest BCUT2D eigenvalue weighted by Crippen LogP contribution is 2.25. The molecule has 4 aromatic rings. The van der Waals surface area contributed by atoms with Crippen LogP contribution in [0.1, 0.15) is 28.9 Å². The molecule has 0 spiro atoms. The van der Waals surface area contributed by atoms with E-state index >= 15 is 0 Å². The molecule has 0 aliphatic rings. The molecule has 1 atom stereocenters. The van der Waals surface area contributed by atoms with Crippen LogP contribution in [-0.2, 0) is 10.0 Å². The van der Waals surface area contributed by atoms with Crippen LogP contribution in [0.15, 0.2) is 90.3 Å². The molecule has 9 nitrogen and oxygen atoms in total. The van der Waals surface area contributed by atoms with Crippen molar-refractivity contribution in [3.63, 3.8) is 0 Å². The Bertz CT molecular complexity index is 1400. The Morgan fingerprint density at radius 2 is 1.77 bits per heavy atom. The number of benzene rings is 3. The molecule has 0 aliphatic carbocycles. The van der Waals surface area contributed by atoms with Gasteiger partial charge in [0, 0.05) is 12.6 Å². The lowest BCUT2D eigenvalue weighted by atomic mass is 10.1. The van der Waals surface area contributed by atoms with Gasteiger partial charge in [-0.2, -0.15) is 5.10 Å². The second-order valence-electron chi connectivity index (χ2n) is 7.83. The summed E-state index contributed by atoms with van der Waals surface area (Å²) >= 11 is 0. The average molecular weight is 492 g/mol. The smallest absolute Gasteiger partial charge is 0.264 e. The van der Waals surface area contributed by atoms with Gasteiger partial charge in [0.1, 0.15) is 18.4 Å². The van der Waals surface area contributed by atoms with Crippen molar-refractivity contribution in [2.45, 2.75) is 17.9 Å². The number of rotatable bonds is 8. The lowest BCUT2D eigenvalue weighted by Gasteiger charge is -2.20. The van der Waals surface area contributed by atoms with Gasteiger partial charge in [0.05, 0.1) is 29.4 Å². The van der Waals surface area contributed by atoms with Crippen molar-refractivity contribution in [3.05, 3.63) is 96.6 Å². The molecule has 35 heavy (non-hydrogen) atoms. The topological polar surface area (TPSA) is 106 Å². The van der Waals surface area contributed by atoms with Crippen molar-refractivity contribution in [2.24, 2.45) is 0 Å². The highest BCUT2D eigenvalue weighted by molar-refractivity contribution is 7.92. The Kier molecular flexibility index (Phi) is 6.83. The summed E-state index contributed by atoms with van der Waals surface area (Å²) in [6, 6.07) is 19.9. The monoisotopic (exact) mass is 491 g/mol. The Hall–Kier alpha value is -4.18. The first kappa shape index (κ1) is 24.0. The minimum absolute atomic E-state index is 0.0216. The second kappa shape index (κ2) is 9.98. The highest BCUT2D eigenvalue weighted by Gasteiger charge is 2.23. The molecule has 1 N–H and O–H groups in total. The van der Waals surface area contributed by atoms with E-state index < -0.39 is 10.0 Å². The zero-order chi connectivity index (χ0) is 25.0. The number of nitrogens with one attached hydrogen (secondary N) is 1. The van der Waals surface area contributed by atoms with E-state index in [1.54, 1.807) is 54.5 Å². The van der Waals surface area contributed by atoms with Gasteiger partial charge in [-0.05, 0) is 67.1 Å². The molecule has 180 valence electrons. The molecular formula is C25H25N5O4S. The molecule has 0 saturated heterocycles. The number of hydrogen-bond donors (Lipinski definition) is 1. The lowest BCUT2D eigenvalue weighted by molar-refractivity contribution is 0.0939. The van der Waals surface area contributed by atoms with Crippen LogP contribution in [-0.4, -0.2) is 43.2 Å². The first-order valence-electron chi connectivity index (χ1n) is 10.8. The largest absolute Gasteiger partial charge is 0.497 e. The number of nitrogens with zero attached hydrogens (tertiary/aromatic N) is 4. The predicted octanol–water partition coefficient (Wildman–Crippen LogP) is 3.59. The van der Waals surface area contributed by atoms with Gasteiger partial charge in [0.25, 0.3) is 15.9 Å². The number of anilines is 1. The third kappa shape index (κ3) is 5.17. The Balaban J connectivity index is 1.49. The molecule has 0 bridgehead atoms. The predicted molar refractivity (Wildman–Crippen MR) is 132 cm³/mol. The van der Waals surface area contributed by atoms with Gasteiger partial charge >= 0.3 is 0 Å². The van der Waals surface area contributed by atoms with Gasteiger partial charge in [-0.3, -0.25) is 9.10 Å². The van der Waals surface area contributed by atoms with Gasteiger partial charge in [-0.1, -0.05) is 18.2 Å². The van der Waals surface area contributed by atoms with E-state index in [-0.39, 0.29) is 22.4 Å². The summed E-state index contributed by atoms with van der Waals surface area (Å²) in [7, 11) is -0.866. The first-order valence-corrected chi connectivity index (χ1v) is 12.2. The normalized spacial score (nSPS) is 12.1. The Morgan fingerprint density at radius 3 is 2.40 bits per heavy atom. The maximum absolute atomic E-state index is 13.2. The molecule has 0 saturated carbocycles. The van der Waals surface area contributed by atoms with E-state index in [0.717, 1.165) is 11.3 Å². The fourth-order valence-corrected chi connectivity index (χ4v) is 4.75. The summed E-state index contributed by atoms with van der Waals surface area (Å²) in [6.07, 6.45) is 3.06. The maximum atomic E-state index is 13.2. The fraction of sp³-hybridized carbons (Fsp3) is 0.160. The van der Waals surface area contributed by atoms with E-state index in [9.17, 15) is 13.2 Å². The van der Waals surface area contributed by atoms with Crippen molar-refractivity contribution < 1.29 is 17.9 Å². The zero-order valence-electron chi connectivity index (χ0n) is 19.5. The highest BCUT2D eigenvalue weighted by atomic mass is 32.2. The third-order valence-corrected chi connectivity index (χ3v) is 7.40. The van der Waals surface area contributed by atoms with E-state index in [2.05, 4.69) is 15.4 Å². The minimum Gasteiger partial charge on any atom is -0.497 e. The maximum Gasteiger partial charge on any atom is 0.264 e. The summed E-state index contributed by atoms with van der Waals surface area (Å²) in [5.74, 6) is 0.252. The molecule has 0 aliphatic heterocycles. The number of carbonyl (C=O) groups is 1. The van der Waals surface area contributed by atoms with Crippen LogP contribution < -0.4 is 14.4 Å². The van der Waals surface area contributed by atoms with Crippen LogP contribution >= 0.6 is 0 Å². The number of aromatic nitrogens is 3. The molecule has 0 unspecified atom stereocenters. The lowest BCUT2D eigenvalue weighted by Crippen LogP contribution is -2.28. The van der Waals surface area contributed by atoms with Crippen LogP contribution in [0.4, 0.5) is 5.69 Å². The summed E-state index contributed by atoms with van der Waals surface area (Å²) in [6.45, 7) is 1.86. The number of hydrogen-bond acceptors (Lipinski definition) is 6. The van der Waals surface area contributed by atoms with E-state index in [0.29, 0.717) is 11.4 Å². The van der Waals surface area contributed by atoms with Crippen molar-refractivity contribution in [3.8, 4) is 11.4 Å². The summed E-state index contributed by atoms with van der Waals surface area (Å²) in [5, 5.41) is 7.02. The average Bonchev–Trinajstić information content (AvgIpc) is 3.43. The zero-order valence-corrected chi connectivity index (χ0v) is 20.3. The van der Waals surface area contributed by atoms with Gasteiger partial charge in [-0.15, -0.1) is 0 Å². The van der Waals surface area contributed by atoms with Crippen LogP contribution in [0.2, 0.25) is 0 Å². The van der Waals surface area contributed by atoms with Crippen molar-refractivity contribution in [1.82, 2.24) is 20.1 Å². The van der Waals surface area contributed by atoms with Crippen LogP contribution in [0.5, 0.6) is 5.75 Å². The summed E-state index contributed by atoms with van der Waals surface area (Å²) in [4.78, 5) is 16.9. The first-order chi connectivity index (χ1) is 16.8. The van der Waals surface area contributed by atoms with Gasteiger partial charge in [0.2, 0.25) is 0 Å². The number of methoxy groups -OCH3 is 1. The summed E-state index contributed by atoms with van der Waals surface area (Å²) in [5.41, 5.74) is 2.47. The molecule has 0 fully saturated rings. The molecule has 4 rings (SSSR count). The van der Waals surface area contributed by atoms with Gasteiger partial charge in [0.15, 0.2) is 0 Å². The molecule has 1 amide bonds. The molecule has 3 aromatic carbocycles. The molecule has 1 aromatic heterocycles. The Labute approximate surface area is 204 Å². The minimum atomic E-state index is -3.88. The van der Waals surface area contributed by atoms with Gasteiger partial charge in [-0.25, -0.2) is 18.1 Å². The van der Waals surface area contributed by atoms with Crippen molar-refractivity contribution in [1.29, 1.82) is 0 Å². The van der Waals surface area contributed by atoms with Crippen LogP contribution in [0.3, 0.4) is 0 Å². The van der Waals surface area contributed by atoms with Crippen LogP contribution in [0, 0.1) is 0 Å². The molecule has 10 heteroatoms. The number of ether oxygens (including phenoxy) is 1. The molecular weight excluding hydrogens is 466 g/mol.